The molecule has 276 valence electrons. The van der Waals surface area contributed by atoms with Crippen LogP contribution in [0.2, 0.25) is 0 Å². The Morgan fingerprint density at radius 1 is 0.203 bits per heavy atom. The van der Waals surface area contributed by atoms with Gasteiger partial charge in [0, 0.05) is 17.1 Å². The van der Waals surface area contributed by atoms with Crippen LogP contribution in [0.4, 0.5) is 17.1 Å². The van der Waals surface area contributed by atoms with Crippen LogP contribution in [0.25, 0.3) is 87.6 Å². The van der Waals surface area contributed by atoms with Crippen LogP contribution in [0, 0.1) is 0 Å². The molecule has 0 unspecified atom stereocenters. The lowest BCUT2D eigenvalue weighted by Gasteiger charge is -2.28. The number of hydrogen-bond donors (Lipinski definition) is 0. The monoisotopic (exact) mass is 749 g/mol. The molecule has 11 rings (SSSR count). The number of anilines is 3. The summed E-state index contributed by atoms with van der Waals surface area (Å²) < 4.78 is 0. The van der Waals surface area contributed by atoms with Crippen LogP contribution >= 0.6 is 0 Å². The Bertz CT molecular complexity index is 3200. The zero-order valence-electron chi connectivity index (χ0n) is 32.5. The molecule has 0 N–H and O–H groups in total. The summed E-state index contributed by atoms with van der Waals surface area (Å²) in [5, 5.41) is 9.90. The van der Waals surface area contributed by atoms with Gasteiger partial charge >= 0.3 is 0 Å². The van der Waals surface area contributed by atoms with Crippen molar-refractivity contribution in [1.29, 1.82) is 0 Å². The second-order valence-corrected chi connectivity index (χ2v) is 15.3. The third-order valence-corrected chi connectivity index (χ3v) is 11.8. The average molecular weight is 750 g/mol. The highest BCUT2D eigenvalue weighted by Gasteiger charge is 2.21. The fraction of sp³-hybridized carbons (Fsp3) is 0. The third-order valence-electron chi connectivity index (χ3n) is 11.8. The van der Waals surface area contributed by atoms with Crippen LogP contribution in [0.1, 0.15) is 0 Å². The normalized spacial score (nSPS) is 11.4. The minimum absolute atomic E-state index is 1.09. The number of nitrogens with zero attached hydrogens (tertiary/aromatic N) is 1. The van der Waals surface area contributed by atoms with Crippen LogP contribution < -0.4 is 4.90 Å². The second-order valence-electron chi connectivity index (χ2n) is 15.3. The molecule has 0 amide bonds. The minimum atomic E-state index is 1.09. The Morgan fingerprint density at radius 3 is 1.17 bits per heavy atom. The molecule has 0 saturated heterocycles. The molecule has 0 atom stereocenters. The van der Waals surface area contributed by atoms with Crippen molar-refractivity contribution in [3.05, 3.63) is 237 Å². The number of benzene rings is 11. The second kappa shape index (κ2) is 14.6. The van der Waals surface area contributed by atoms with Gasteiger partial charge in [-0.25, -0.2) is 0 Å². The van der Waals surface area contributed by atoms with E-state index >= 15 is 0 Å². The van der Waals surface area contributed by atoms with Gasteiger partial charge < -0.3 is 4.90 Å². The maximum atomic E-state index is 2.43. The zero-order chi connectivity index (χ0) is 39.1. The van der Waals surface area contributed by atoms with E-state index in [4.69, 9.17) is 0 Å². The first-order valence-corrected chi connectivity index (χ1v) is 20.3. The number of rotatable bonds is 7. The molecule has 0 spiro atoms. The molecule has 11 aromatic carbocycles. The van der Waals surface area contributed by atoms with Crippen LogP contribution in [-0.4, -0.2) is 0 Å². The van der Waals surface area contributed by atoms with Crippen LogP contribution in [0.5, 0.6) is 0 Å². The van der Waals surface area contributed by atoms with Crippen molar-refractivity contribution in [3.8, 4) is 44.5 Å². The standard InChI is InChI=1S/C58H39N/c1-3-17-42(18-4-1)57-55-28-12-11-27-53(55)54-34-33-52(39-56(54)58(57)43-19-5-2-6-20-43)59(50-25-13-23-46(37-50)48-31-29-40-15-7-9-21-44(40)35-48)51-26-14-24-47(38-51)49-32-30-41-16-8-10-22-45(41)36-49/h1-39H. The quantitative estimate of drug-likeness (QED) is 0.147. The van der Waals surface area contributed by atoms with E-state index in [1.807, 2.05) is 0 Å². The Labute approximate surface area is 344 Å². The highest BCUT2D eigenvalue weighted by molar-refractivity contribution is 6.22. The molecule has 0 aliphatic carbocycles. The van der Waals surface area contributed by atoms with E-state index in [0.717, 1.165) is 17.1 Å². The molecule has 0 heterocycles. The van der Waals surface area contributed by atoms with Gasteiger partial charge in [0.05, 0.1) is 0 Å². The Hall–Kier alpha value is -7.74. The lowest BCUT2D eigenvalue weighted by molar-refractivity contribution is 1.29. The lowest BCUT2D eigenvalue weighted by atomic mass is 9.85. The van der Waals surface area contributed by atoms with Gasteiger partial charge in [-0.15, -0.1) is 0 Å². The Morgan fingerprint density at radius 2 is 0.610 bits per heavy atom. The topological polar surface area (TPSA) is 3.24 Å². The molecule has 0 aliphatic rings. The average Bonchev–Trinajstić information content (AvgIpc) is 3.31. The van der Waals surface area contributed by atoms with Gasteiger partial charge in [0.2, 0.25) is 0 Å². The maximum absolute atomic E-state index is 2.43. The molecule has 0 aromatic heterocycles. The van der Waals surface area contributed by atoms with E-state index in [1.54, 1.807) is 0 Å². The summed E-state index contributed by atoms with van der Waals surface area (Å²) in [7, 11) is 0. The summed E-state index contributed by atoms with van der Waals surface area (Å²) in [6.45, 7) is 0. The smallest absolute Gasteiger partial charge is 0.0468 e. The van der Waals surface area contributed by atoms with E-state index in [1.165, 1.54) is 87.6 Å². The largest absolute Gasteiger partial charge is 0.310 e. The lowest BCUT2D eigenvalue weighted by Crippen LogP contribution is -2.10. The zero-order valence-corrected chi connectivity index (χ0v) is 32.5. The molecule has 11 aromatic rings. The molecule has 1 heteroatoms. The van der Waals surface area contributed by atoms with Gasteiger partial charge in [-0.3, -0.25) is 0 Å². The summed E-state index contributed by atoms with van der Waals surface area (Å²) >= 11 is 0. The van der Waals surface area contributed by atoms with Crippen molar-refractivity contribution in [2.24, 2.45) is 0 Å². The highest BCUT2D eigenvalue weighted by atomic mass is 15.1. The number of fused-ring (bicyclic) bond motifs is 5. The van der Waals surface area contributed by atoms with E-state index in [-0.39, 0.29) is 0 Å². The van der Waals surface area contributed by atoms with E-state index < -0.39 is 0 Å². The fourth-order valence-corrected chi connectivity index (χ4v) is 8.96. The van der Waals surface area contributed by atoms with Gasteiger partial charge in [-0.1, -0.05) is 188 Å². The minimum Gasteiger partial charge on any atom is -0.310 e. The number of hydrogen-bond acceptors (Lipinski definition) is 1. The van der Waals surface area contributed by atoms with Crippen molar-refractivity contribution >= 4 is 60.2 Å². The van der Waals surface area contributed by atoms with E-state index in [9.17, 15) is 0 Å². The van der Waals surface area contributed by atoms with Crippen LogP contribution in [0.15, 0.2) is 237 Å². The van der Waals surface area contributed by atoms with Crippen molar-refractivity contribution < 1.29 is 0 Å². The first-order chi connectivity index (χ1) is 29.2. The Kier molecular flexibility index (Phi) is 8.56. The maximum Gasteiger partial charge on any atom is 0.0468 e. The summed E-state index contributed by atoms with van der Waals surface area (Å²) in [6, 6.07) is 86.4. The van der Waals surface area contributed by atoms with Gasteiger partial charge in [0.1, 0.15) is 0 Å². The first kappa shape index (κ1) is 34.5. The molecule has 0 saturated carbocycles. The molecular weight excluding hydrogens is 711 g/mol. The summed E-state index contributed by atoms with van der Waals surface area (Å²) in [4.78, 5) is 2.43. The summed E-state index contributed by atoms with van der Waals surface area (Å²) in [6.07, 6.45) is 0. The molecular formula is C58H39N. The summed E-state index contributed by atoms with van der Waals surface area (Å²) in [5.41, 5.74) is 12.9. The molecule has 0 aliphatic heterocycles. The van der Waals surface area contributed by atoms with Crippen molar-refractivity contribution in [2.45, 2.75) is 0 Å². The SMILES string of the molecule is c1ccc(-c2c(-c3ccccc3)c3cc(N(c4cccc(-c5ccc6ccccc6c5)c4)c4cccc(-c5ccc6ccccc6c5)c4)ccc3c3ccccc23)cc1. The van der Waals surface area contributed by atoms with Crippen molar-refractivity contribution in [3.63, 3.8) is 0 Å². The molecule has 0 fully saturated rings. The van der Waals surface area contributed by atoms with Crippen molar-refractivity contribution in [1.82, 2.24) is 0 Å². The van der Waals surface area contributed by atoms with Gasteiger partial charge in [-0.2, -0.15) is 0 Å². The van der Waals surface area contributed by atoms with E-state index in [0.29, 0.717) is 0 Å². The van der Waals surface area contributed by atoms with Gasteiger partial charge in [-0.05, 0) is 136 Å². The Balaban J connectivity index is 1.16. The molecule has 59 heavy (non-hydrogen) atoms. The fourth-order valence-electron chi connectivity index (χ4n) is 8.96. The molecule has 1 nitrogen and oxygen atoms in total. The van der Waals surface area contributed by atoms with Gasteiger partial charge in [0.25, 0.3) is 0 Å². The molecule has 0 bridgehead atoms. The van der Waals surface area contributed by atoms with E-state index in [2.05, 4.69) is 241 Å². The highest BCUT2D eigenvalue weighted by Crippen LogP contribution is 2.47. The third kappa shape index (κ3) is 6.30. The van der Waals surface area contributed by atoms with Crippen molar-refractivity contribution in [2.75, 3.05) is 4.90 Å². The first-order valence-electron chi connectivity index (χ1n) is 20.3. The predicted octanol–water partition coefficient (Wildman–Crippen LogP) is 16.4. The van der Waals surface area contributed by atoms with Crippen LogP contribution in [-0.2, 0) is 0 Å². The summed E-state index contributed by atoms with van der Waals surface area (Å²) in [5.74, 6) is 0. The molecule has 0 radical (unpaired) electrons. The van der Waals surface area contributed by atoms with Gasteiger partial charge in [0.15, 0.2) is 0 Å². The predicted molar refractivity (Wildman–Crippen MR) is 253 cm³/mol. The van der Waals surface area contributed by atoms with Crippen LogP contribution in [0.3, 0.4) is 0 Å².